The van der Waals surface area contributed by atoms with Gasteiger partial charge in [0.25, 0.3) is 5.91 Å². The van der Waals surface area contributed by atoms with Crippen LogP contribution in [0.5, 0.6) is 23.0 Å². The largest absolute Gasteiger partial charge is 0.493 e. The van der Waals surface area contributed by atoms with Gasteiger partial charge in [0.05, 0.1) is 32.5 Å². The van der Waals surface area contributed by atoms with Crippen LogP contribution >= 0.6 is 11.6 Å². The Morgan fingerprint density at radius 3 is 2.31 bits per heavy atom. The first kappa shape index (κ1) is 25.5. The molecule has 0 unspecified atom stereocenters. The summed E-state index contributed by atoms with van der Waals surface area (Å²) >= 11 is 5.87. The minimum absolute atomic E-state index is 0.201. The first-order valence-corrected chi connectivity index (χ1v) is 11.1. The molecular weight excluding hydrogens is 468 g/mol. The molecule has 0 spiro atoms. The van der Waals surface area contributed by atoms with Crippen molar-refractivity contribution in [2.45, 2.75) is 6.92 Å². The summed E-state index contributed by atoms with van der Waals surface area (Å²) in [5, 5.41) is 13.1. The van der Waals surface area contributed by atoms with Gasteiger partial charge in [0.1, 0.15) is 0 Å². The predicted octanol–water partition coefficient (Wildman–Crippen LogP) is 5.84. The van der Waals surface area contributed by atoms with Crippen LogP contribution in [0.3, 0.4) is 0 Å². The Kier molecular flexibility index (Phi) is 8.99. The average molecular weight is 493 g/mol. The van der Waals surface area contributed by atoms with Gasteiger partial charge in [0, 0.05) is 10.7 Å². The molecule has 0 atom stereocenters. The molecule has 0 aliphatic heterocycles. The number of nitrogens with one attached hydrogen (secondary N) is 1. The van der Waals surface area contributed by atoms with Crippen molar-refractivity contribution in [1.29, 1.82) is 5.26 Å². The summed E-state index contributed by atoms with van der Waals surface area (Å²) in [4.78, 5) is 12.3. The molecule has 3 rings (SSSR count). The van der Waals surface area contributed by atoms with Gasteiger partial charge in [-0.2, -0.15) is 5.26 Å². The van der Waals surface area contributed by atoms with E-state index < -0.39 is 0 Å². The maximum absolute atomic E-state index is 12.3. The number of halogens is 1. The molecule has 0 aromatic heterocycles. The average Bonchev–Trinajstić information content (AvgIpc) is 2.88. The van der Waals surface area contributed by atoms with Gasteiger partial charge < -0.3 is 24.3 Å². The smallest absolute Gasteiger partial charge is 0.262 e. The van der Waals surface area contributed by atoms with E-state index in [1.165, 1.54) is 0 Å². The lowest BCUT2D eigenvalue weighted by molar-refractivity contribution is -0.118. The molecular formula is C27H25ClN2O5. The summed E-state index contributed by atoms with van der Waals surface area (Å²) in [5.74, 6) is 1.67. The second-order valence-electron chi connectivity index (χ2n) is 7.22. The van der Waals surface area contributed by atoms with Crippen LogP contribution in [0.15, 0.2) is 60.7 Å². The number of allylic oxidation sites excluding steroid dienone is 1. The SMILES string of the molecule is CCOc1cc(/C=C(\C#N)c2ccc(OC)c(OC)c2)ccc1OCC(=O)Nc1ccc(Cl)cc1. The van der Waals surface area contributed by atoms with Crippen molar-refractivity contribution in [2.24, 2.45) is 0 Å². The maximum atomic E-state index is 12.3. The van der Waals surface area contributed by atoms with Crippen LogP contribution < -0.4 is 24.3 Å². The zero-order chi connectivity index (χ0) is 25.2. The molecule has 1 N–H and O–H groups in total. The number of nitrogens with zero attached hydrogens (tertiary/aromatic N) is 1. The fraction of sp³-hybridized carbons (Fsp3) is 0.185. The van der Waals surface area contributed by atoms with E-state index >= 15 is 0 Å². The number of amides is 1. The Bertz CT molecular complexity index is 1250. The fourth-order valence-electron chi connectivity index (χ4n) is 3.23. The van der Waals surface area contributed by atoms with Crippen LogP contribution in [0, 0.1) is 11.3 Å². The minimum Gasteiger partial charge on any atom is -0.493 e. The van der Waals surface area contributed by atoms with Crippen LogP contribution in [0.2, 0.25) is 5.02 Å². The van der Waals surface area contributed by atoms with Gasteiger partial charge >= 0.3 is 0 Å². The molecule has 0 heterocycles. The van der Waals surface area contributed by atoms with Crippen molar-refractivity contribution in [3.8, 4) is 29.1 Å². The monoisotopic (exact) mass is 492 g/mol. The highest BCUT2D eigenvalue weighted by Gasteiger charge is 2.12. The van der Waals surface area contributed by atoms with E-state index in [9.17, 15) is 10.1 Å². The number of anilines is 1. The Hall–Kier alpha value is -4.15. The molecule has 0 saturated heterocycles. The van der Waals surface area contributed by atoms with Crippen LogP contribution in [-0.2, 0) is 4.79 Å². The fourth-order valence-corrected chi connectivity index (χ4v) is 3.35. The third kappa shape index (κ3) is 6.92. The lowest BCUT2D eigenvalue weighted by Gasteiger charge is -2.13. The number of methoxy groups -OCH3 is 2. The molecule has 180 valence electrons. The summed E-state index contributed by atoms with van der Waals surface area (Å²) in [6.45, 7) is 2.05. The number of hydrogen-bond acceptors (Lipinski definition) is 6. The Morgan fingerprint density at radius 1 is 0.943 bits per heavy atom. The molecule has 0 bridgehead atoms. The van der Waals surface area contributed by atoms with E-state index in [0.717, 1.165) is 5.56 Å². The molecule has 8 heteroatoms. The van der Waals surface area contributed by atoms with Crippen molar-refractivity contribution >= 4 is 34.8 Å². The molecule has 0 fully saturated rings. The lowest BCUT2D eigenvalue weighted by atomic mass is 10.0. The Balaban J connectivity index is 1.77. The van der Waals surface area contributed by atoms with Gasteiger partial charge in [-0.15, -0.1) is 0 Å². The van der Waals surface area contributed by atoms with Gasteiger partial charge in [-0.1, -0.05) is 17.7 Å². The standard InChI is InChI=1S/C27H25ClN2O5/c1-4-34-26-14-18(13-20(16-29)19-6-12-23(32-2)25(15-19)33-3)5-11-24(26)35-17-27(31)30-22-9-7-21(28)8-10-22/h5-15H,4,17H2,1-3H3,(H,30,31)/b20-13+. The number of benzene rings is 3. The molecule has 3 aromatic carbocycles. The molecule has 0 saturated carbocycles. The number of carbonyl (C=O) groups is 1. The highest BCUT2D eigenvalue weighted by atomic mass is 35.5. The first-order valence-electron chi connectivity index (χ1n) is 10.8. The predicted molar refractivity (Wildman–Crippen MR) is 136 cm³/mol. The number of nitriles is 1. The normalized spacial score (nSPS) is 10.8. The van der Waals surface area contributed by atoms with Gasteiger partial charge in [-0.05, 0) is 78.7 Å². The zero-order valence-corrected chi connectivity index (χ0v) is 20.4. The molecule has 3 aromatic rings. The van der Waals surface area contributed by atoms with Crippen LogP contribution in [0.25, 0.3) is 11.6 Å². The van der Waals surface area contributed by atoms with E-state index in [1.807, 2.05) is 6.92 Å². The van der Waals surface area contributed by atoms with Crippen molar-refractivity contribution < 1.29 is 23.7 Å². The summed E-state index contributed by atoms with van der Waals surface area (Å²) < 4.78 is 22.0. The first-order chi connectivity index (χ1) is 17.0. The van der Waals surface area contributed by atoms with Crippen LogP contribution in [-0.4, -0.2) is 33.3 Å². The van der Waals surface area contributed by atoms with E-state index in [2.05, 4.69) is 11.4 Å². The number of rotatable bonds is 10. The summed E-state index contributed by atoms with van der Waals surface area (Å²) in [5.41, 5.74) is 2.47. The molecule has 0 aliphatic carbocycles. The van der Waals surface area contributed by atoms with Crippen molar-refractivity contribution in [3.05, 3.63) is 76.8 Å². The van der Waals surface area contributed by atoms with Gasteiger partial charge in [0.15, 0.2) is 29.6 Å². The highest BCUT2D eigenvalue weighted by Crippen LogP contribution is 2.33. The third-order valence-corrected chi connectivity index (χ3v) is 5.13. The van der Waals surface area contributed by atoms with Gasteiger partial charge in [-0.3, -0.25) is 4.79 Å². The van der Waals surface area contributed by atoms with Gasteiger partial charge in [0.2, 0.25) is 0 Å². The molecule has 1 amide bonds. The van der Waals surface area contributed by atoms with E-state index in [0.29, 0.717) is 51.5 Å². The number of hydrogen-bond donors (Lipinski definition) is 1. The van der Waals surface area contributed by atoms with E-state index in [-0.39, 0.29) is 12.5 Å². The molecule has 0 aliphatic rings. The topological polar surface area (TPSA) is 89.8 Å². The second kappa shape index (κ2) is 12.4. The Morgan fingerprint density at radius 2 is 1.66 bits per heavy atom. The van der Waals surface area contributed by atoms with E-state index in [1.54, 1.807) is 81.0 Å². The number of ether oxygens (including phenoxy) is 4. The van der Waals surface area contributed by atoms with Crippen molar-refractivity contribution in [2.75, 3.05) is 32.8 Å². The van der Waals surface area contributed by atoms with Crippen LogP contribution in [0.4, 0.5) is 5.69 Å². The molecule has 7 nitrogen and oxygen atoms in total. The maximum Gasteiger partial charge on any atom is 0.262 e. The van der Waals surface area contributed by atoms with Crippen LogP contribution in [0.1, 0.15) is 18.1 Å². The number of carbonyl (C=O) groups excluding carboxylic acids is 1. The highest BCUT2D eigenvalue weighted by molar-refractivity contribution is 6.30. The lowest BCUT2D eigenvalue weighted by Crippen LogP contribution is -2.20. The van der Waals surface area contributed by atoms with Crippen molar-refractivity contribution in [1.82, 2.24) is 0 Å². The summed E-state index contributed by atoms with van der Waals surface area (Å²) in [6.07, 6.45) is 1.74. The van der Waals surface area contributed by atoms with Gasteiger partial charge in [-0.25, -0.2) is 0 Å². The Labute approximate surface area is 209 Å². The van der Waals surface area contributed by atoms with E-state index in [4.69, 9.17) is 30.5 Å². The zero-order valence-electron chi connectivity index (χ0n) is 19.6. The third-order valence-electron chi connectivity index (χ3n) is 4.88. The quantitative estimate of drug-likeness (QED) is 0.282. The molecule has 35 heavy (non-hydrogen) atoms. The summed E-state index contributed by atoms with van der Waals surface area (Å²) in [7, 11) is 3.10. The molecule has 0 radical (unpaired) electrons. The minimum atomic E-state index is -0.320. The summed E-state index contributed by atoms with van der Waals surface area (Å²) in [6, 6.07) is 19.5. The second-order valence-corrected chi connectivity index (χ2v) is 7.66. The van der Waals surface area contributed by atoms with Crippen molar-refractivity contribution in [3.63, 3.8) is 0 Å².